The van der Waals surface area contributed by atoms with Crippen molar-refractivity contribution < 1.29 is 9.63 Å². The number of benzene rings is 2. The van der Waals surface area contributed by atoms with Crippen molar-refractivity contribution in [1.29, 1.82) is 0 Å². The van der Waals surface area contributed by atoms with Crippen LogP contribution in [0.5, 0.6) is 0 Å². The highest BCUT2D eigenvalue weighted by atomic mass is 16.7. The van der Waals surface area contributed by atoms with Gasteiger partial charge < -0.3 is 10.2 Å². The monoisotopic (exact) mass is 324 g/mol. The Hall–Kier alpha value is -2.89. The number of para-hydroxylation sites is 1. The molecule has 1 atom stereocenters. The summed E-state index contributed by atoms with van der Waals surface area (Å²) in [7, 11) is 0. The summed E-state index contributed by atoms with van der Waals surface area (Å²) < 4.78 is 0. The molecule has 3 rings (SSSR count). The Morgan fingerprint density at radius 3 is 2.71 bits per heavy atom. The van der Waals surface area contributed by atoms with Crippen LogP contribution in [0.2, 0.25) is 0 Å². The number of nitrogens with one attached hydrogen (secondary N) is 1. The zero-order chi connectivity index (χ0) is 16.9. The number of hydrogen-bond donors (Lipinski definition) is 1. The van der Waals surface area contributed by atoms with Gasteiger partial charge in [-0.05, 0) is 47.4 Å². The molecule has 24 heavy (non-hydrogen) atoms. The molecule has 1 N–H and O–H groups in total. The third kappa shape index (κ3) is 3.53. The van der Waals surface area contributed by atoms with Gasteiger partial charge in [0.1, 0.15) is 11.0 Å². The summed E-state index contributed by atoms with van der Waals surface area (Å²) in [5.74, 6) is 0.268. The molecule has 6 nitrogen and oxygen atoms in total. The highest BCUT2D eigenvalue weighted by Crippen LogP contribution is 2.20. The smallest absolute Gasteiger partial charge is 0.265 e. The van der Waals surface area contributed by atoms with Crippen LogP contribution in [0.3, 0.4) is 0 Å². The van der Waals surface area contributed by atoms with Gasteiger partial charge in [0, 0.05) is 5.69 Å². The van der Waals surface area contributed by atoms with E-state index in [-0.39, 0.29) is 12.5 Å². The van der Waals surface area contributed by atoms with Crippen LogP contribution in [0, 0.1) is 0 Å². The SMILES string of the molecule is CC[C@@H](C)c1ccc(NC(=O)COn2nnc3ccccc32)cc1. The molecule has 0 aliphatic carbocycles. The molecular formula is C18H20N4O2. The van der Waals surface area contributed by atoms with E-state index in [0.717, 1.165) is 23.1 Å². The van der Waals surface area contributed by atoms with Crippen LogP contribution < -0.4 is 10.2 Å². The molecule has 0 aliphatic heterocycles. The van der Waals surface area contributed by atoms with Crippen LogP contribution in [0.25, 0.3) is 11.0 Å². The standard InChI is InChI=1S/C18H20N4O2/c1-3-13(2)14-8-10-15(11-9-14)19-18(23)12-24-22-17-7-5-4-6-16(17)20-21-22/h4-11,13H,3,12H2,1-2H3,(H,19,23)/t13-/m1/s1. The number of aromatic nitrogens is 3. The molecule has 1 heterocycles. The third-order valence-electron chi connectivity index (χ3n) is 4.02. The number of rotatable bonds is 6. The fraction of sp³-hybridized carbons (Fsp3) is 0.278. The van der Waals surface area contributed by atoms with Crippen molar-refractivity contribution in [1.82, 2.24) is 15.2 Å². The van der Waals surface area contributed by atoms with Crippen molar-refractivity contribution in [3.63, 3.8) is 0 Å². The first-order valence-electron chi connectivity index (χ1n) is 8.01. The van der Waals surface area contributed by atoms with Crippen LogP contribution in [0.4, 0.5) is 5.69 Å². The summed E-state index contributed by atoms with van der Waals surface area (Å²) in [6.07, 6.45) is 1.09. The quantitative estimate of drug-likeness (QED) is 0.757. The Kier molecular flexibility index (Phi) is 4.74. The number of fused-ring (bicyclic) bond motifs is 1. The molecule has 0 spiro atoms. The molecule has 0 saturated heterocycles. The van der Waals surface area contributed by atoms with Gasteiger partial charge in [0.05, 0.1) is 0 Å². The molecule has 0 bridgehead atoms. The number of carbonyl (C=O) groups is 1. The van der Waals surface area contributed by atoms with Crippen molar-refractivity contribution in [3.8, 4) is 0 Å². The summed E-state index contributed by atoms with van der Waals surface area (Å²) >= 11 is 0. The predicted molar refractivity (Wildman–Crippen MR) is 92.8 cm³/mol. The topological polar surface area (TPSA) is 69.0 Å². The summed E-state index contributed by atoms with van der Waals surface area (Å²) in [5, 5.41) is 10.7. The summed E-state index contributed by atoms with van der Waals surface area (Å²) in [6.45, 7) is 4.20. The second-order valence-corrected chi connectivity index (χ2v) is 5.70. The van der Waals surface area contributed by atoms with Crippen molar-refractivity contribution in [2.45, 2.75) is 26.2 Å². The first-order chi connectivity index (χ1) is 11.7. The van der Waals surface area contributed by atoms with E-state index in [4.69, 9.17) is 4.84 Å². The first-order valence-corrected chi connectivity index (χ1v) is 8.01. The van der Waals surface area contributed by atoms with Crippen LogP contribution in [0.15, 0.2) is 48.5 Å². The Labute approximate surface area is 140 Å². The Bertz CT molecular complexity index is 826. The average molecular weight is 324 g/mol. The van der Waals surface area contributed by atoms with Crippen molar-refractivity contribution in [3.05, 3.63) is 54.1 Å². The minimum atomic E-state index is -0.245. The van der Waals surface area contributed by atoms with E-state index in [1.807, 2.05) is 48.5 Å². The van der Waals surface area contributed by atoms with Gasteiger partial charge in [-0.25, -0.2) is 0 Å². The Morgan fingerprint density at radius 2 is 1.96 bits per heavy atom. The molecule has 6 heteroatoms. The number of nitrogens with zero attached hydrogens (tertiary/aromatic N) is 3. The van der Waals surface area contributed by atoms with E-state index in [1.54, 1.807) is 0 Å². The lowest BCUT2D eigenvalue weighted by atomic mass is 9.99. The summed E-state index contributed by atoms with van der Waals surface area (Å²) in [6, 6.07) is 15.3. The molecule has 1 aromatic heterocycles. The van der Waals surface area contributed by atoms with Gasteiger partial charge in [0.15, 0.2) is 6.61 Å². The van der Waals surface area contributed by atoms with Crippen LogP contribution >= 0.6 is 0 Å². The Morgan fingerprint density at radius 1 is 1.21 bits per heavy atom. The van der Waals surface area contributed by atoms with Gasteiger partial charge in [-0.2, -0.15) is 0 Å². The maximum absolute atomic E-state index is 12.0. The van der Waals surface area contributed by atoms with Crippen molar-refractivity contribution in [2.75, 3.05) is 11.9 Å². The van der Waals surface area contributed by atoms with Gasteiger partial charge in [0.25, 0.3) is 5.91 Å². The van der Waals surface area contributed by atoms with Gasteiger partial charge in [-0.1, -0.05) is 43.0 Å². The van der Waals surface area contributed by atoms with Crippen LogP contribution in [-0.2, 0) is 4.79 Å². The minimum Gasteiger partial charge on any atom is -0.385 e. The lowest BCUT2D eigenvalue weighted by molar-refractivity contribution is -0.121. The van der Waals surface area contributed by atoms with E-state index >= 15 is 0 Å². The minimum absolute atomic E-state index is 0.138. The fourth-order valence-corrected chi connectivity index (χ4v) is 2.39. The largest absolute Gasteiger partial charge is 0.385 e. The molecule has 124 valence electrons. The van der Waals surface area contributed by atoms with Gasteiger partial charge in [-0.15, -0.1) is 5.10 Å². The second kappa shape index (κ2) is 7.12. The molecule has 2 aromatic carbocycles. The lowest BCUT2D eigenvalue weighted by Crippen LogP contribution is -2.26. The van der Waals surface area contributed by atoms with E-state index in [0.29, 0.717) is 5.92 Å². The molecule has 0 unspecified atom stereocenters. The van der Waals surface area contributed by atoms with Gasteiger partial charge in [0.2, 0.25) is 0 Å². The average Bonchev–Trinajstić information content (AvgIpc) is 3.03. The maximum atomic E-state index is 12.0. The molecular weight excluding hydrogens is 304 g/mol. The summed E-state index contributed by atoms with van der Waals surface area (Å²) in [5.41, 5.74) is 3.46. The second-order valence-electron chi connectivity index (χ2n) is 5.70. The number of anilines is 1. The first kappa shape index (κ1) is 16.0. The van der Waals surface area contributed by atoms with E-state index < -0.39 is 0 Å². The number of carbonyl (C=O) groups excluding carboxylic acids is 1. The molecule has 0 radical (unpaired) electrons. The zero-order valence-electron chi connectivity index (χ0n) is 13.8. The normalized spacial score (nSPS) is 12.1. The van der Waals surface area contributed by atoms with E-state index in [2.05, 4.69) is 29.5 Å². The highest BCUT2D eigenvalue weighted by Gasteiger charge is 2.08. The molecule has 0 saturated carbocycles. The van der Waals surface area contributed by atoms with E-state index in [1.165, 1.54) is 10.4 Å². The van der Waals surface area contributed by atoms with Crippen LogP contribution in [0.1, 0.15) is 31.7 Å². The van der Waals surface area contributed by atoms with Crippen molar-refractivity contribution >= 4 is 22.6 Å². The third-order valence-corrected chi connectivity index (χ3v) is 4.02. The number of hydrogen-bond acceptors (Lipinski definition) is 4. The Balaban J connectivity index is 1.57. The zero-order valence-corrected chi connectivity index (χ0v) is 13.8. The molecule has 3 aromatic rings. The number of amides is 1. The van der Waals surface area contributed by atoms with Gasteiger partial charge in [-0.3, -0.25) is 4.79 Å². The van der Waals surface area contributed by atoms with Crippen LogP contribution in [-0.4, -0.2) is 27.7 Å². The molecule has 1 amide bonds. The predicted octanol–water partition coefficient (Wildman–Crippen LogP) is 3.01. The van der Waals surface area contributed by atoms with E-state index in [9.17, 15) is 4.79 Å². The van der Waals surface area contributed by atoms with Crippen molar-refractivity contribution in [2.24, 2.45) is 0 Å². The molecule has 0 aliphatic rings. The molecule has 0 fully saturated rings. The fourth-order valence-electron chi connectivity index (χ4n) is 2.39. The summed E-state index contributed by atoms with van der Waals surface area (Å²) in [4.78, 5) is 18.7. The van der Waals surface area contributed by atoms with Gasteiger partial charge >= 0.3 is 0 Å². The lowest BCUT2D eigenvalue weighted by Gasteiger charge is -2.10. The maximum Gasteiger partial charge on any atom is 0.265 e. The highest BCUT2D eigenvalue weighted by molar-refractivity contribution is 5.91.